The van der Waals surface area contributed by atoms with Crippen LogP contribution in [0.4, 0.5) is 0 Å². The number of benzene rings is 2. The quantitative estimate of drug-likeness (QED) is 0.355. The van der Waals surface area contributed by atoms with Crippen LogP contribution < -0.4 is 0 Å². The van der Waals surface area contributed by atoms with Crippen molar-refractivity contribution < 1.29 is 4.42 Å². The molecule has 0 unspecified atom stereocenters. The van der Waals surface area contributed by atoms with Crippen molar-refractivity contribution in [1.29, 1.82) is 0 Å². The molecular weight excluding hydrogens is 366 g/mol. The van der Waals surface area contributed by atoms with Gasteiger partial charge in [0.2, 0.25) is 0 Å². The molecule has 0 aliphatic rings. The van der Waals surface area contributed by atoms with Crippen molar-refractivity contribution in [2.75, 3.05) is 0 Å². The van der Waals surface area contributed by atoms with E-state index in [1.807, 2.05) is 36.4 Å². The average molecular weight is 383 g/mol. The molecule has 0 fully saturated rings. The maximum atomic E-state index is 5.72. The summed E-state index contributed by atoms with van der Waals surface area (Å²) in [6.45, 7) is 0.741. The molecule has 0 spiro atoms. The normalized spacial score (nSPS) is 11.1. The van der Waals surface area contributed by atoms with Crippen LogP contribution in [0.15, 0.2) is 106 Å². The minimum absolute atomic E-state index is 0.741. The summed E-state index contributed by atoms with van der Waals surface area (Å²) >= 11 is 1.64. The summed E-state index contributed by atoms with van der Waals surface area (Å²) in [7, 11) is 0. The number of furan rings is 1. The molecule has 0 saturated heterocycles. The minimum Gasteiger partial charge on any atom is -0.464 e. The lowest BCUT2D eigenvalue weighted by Gasteiger charge is -2.06. The third kappa shape index (κ3) is 3.21. The van der Waals surface area contributed by atoms with E-state index in [-0.39, 0.29) is 0 Å². The van der Waals surface area contributed by atoms with E-state index in [0.717, 1.165) is 38.8 Å². The van der Waals surface area contributed by atoms with Crippen molar-refractivity contribution in [2.45, 2.75) is 16.5 Å². The van der Waals surface area contributed by atoms with Gasteiger partial charge in [-0.05, 0) is 29.8 Å². The van der Waals surface area contributed by atoms with Gasteiger partial charge in [0.1, 0.15) is 22.8 Å². The van der Waals surface area contributed by atoms with Gasteiger partial charge in [-0.3, -0.25) is 0 Å². The van der Waals surface area contributed by atoms with Crippen LogP contribution >= 0.6 is 11.8 Å². The van der Waals surface area contributed by atoms with Gasteiger partial charge in [0.15, 0.2) is 0 Å². The van der Waals surface area contributed by atoms with Gasteiger partial charge in [-0.1, -0.05) is 60.3 Å². The van der Waals surface area contributed by atoms with E-state index in [9.17, 15) is 0 Å². The average Bonchev–Trinajstić information content (AvgIpc) is 3.39. The molecule has 0 aliphatic heterocycles. The number of rotatable bonds is 5. The predicted molar refractivity (Wildman–Crippen MR) is 111 cm³/mol. The molecule has 28 heavy (non-hydrogen) atoms. The smallest absolute Gasteiger partial charge is 0.145 e. The van der Waals surface area contributed by atoms with E-state index < -0.39 is 0 Å². The number of hydrogen-bond acceptors (Lipinski definition) is 4. The summed E-state index contributed by atoms with van der Waals surface area (Å²) < 4.78 is 7.88. The van der Waals surface area contributed by atoms with Crippen LogP contribution in [0.3, 0.4) is 0 Å². The van der Waals surface area contributed by atoms with E-state index in [2.05, 4.69) is 57.1 Å². The summed E-state index contributed by atoms with van der Waals surface area (Å²) in [5.74, 6) is 0.821. The van der Waals surface area contributed by atoms with E-state index in [0.29, 0.717) is 0 Å². The zero-order chi connectivity index (χ0) is 18.8. The standard InChI is InChI=1S/C23H17N3OS/c1-3-8-17(9-4-1)14-26-15-19(20-12-7-13-27-20)21-22(26)24-16-25-23(21)28-18-10-5-2-6-11-18/h1-13,15-16H,14H2. The van der Waals surface area contributed by atoms with E-state index in [1.165, 1.54) is 5.56 Å². The Labute approximate surface area is 166 Å². The van der Waals surface area contributed by atoms with Crippen molar-refractivity contribution in [3.05, 3.63) is 97.1 Å². The Morgan fingerprint density at radius 1 is 0.857 bits per heavy atom. The number of aromatic nitrogens is 3. The summed E-state index contributed by atoms with van der Waals surface area (Å²) in [5, 5.41) is 1.94. The monoisotopic (exact) mass is 383 g/mol. The van der Waals surface area contributed by atoms with Crippen molar-refractivity contribution in [3.63, 3.8) is 0 Å². The van der Waals surface area contributed by atoms with Crippen molar-refractivity contribution >= 4 is 22.8 Å². The zero-order valence-electron chi connectivity index (χ0n) is 15.0. The second-order valence-corrected chi connectivity index (χ2v) is 7.49. The molecule has 2 aromatic carbocycles. The summed E-state index contributed by atoms with van der Waals surface area (Å²) in [4.78, 5) is 10.3. The van der Waals surface area contributed by atoms with Crippen LogP contribution in [-0.4, -0.2) is 14.5 Å². The third-order valence-electron chi connectivity index (χ3n) is 4.56. The Balaban J connectivity index is 1.67. The lowest BCUT2D eigenvalue weighted by molar-refractivity contribution is 0.582. The molecule has 136 valence electrons. The van der Waals surface area contributed by atoms with Crippen LogP contribution in [0.25, 0.3) is 22.4 Å². The van der Waals surface area contributed by atoms with Crippen molar-refractivity contribution in [2.24, 2.45) is 0 Å². The first-order chi connectivity index (χ1) is 13.9. The minimum atomic E-state index is 0.741. The summed E-state index contributed by atoms with van der Waals surface area (Å²) in [6.07, 6.45) is 5.45. The first kappa shape index (κ1) is 16.8. The van der Waals surface area contributed by atoms with Crippen LogP contribution in [0.5, 0.6) is 0 Å². The lowest BCUT2D eigenvalue weighted by Crippen LogP contribution is -1.99. The second-order valence-electron chi connectivity index (χ2n) is 6.43. The van der Waals surface area contributed by atoms with E-state index >= 15 is 0 Å². The van der Waals surface area contributed by atoms with Gasteiger partial charge in [0.05, 0.1) is 11.6 Å². The Kier molecular flexibility index (Phi) is 4.43. The molecule has 5 heteroatoms. The molecule has 0 saturated carbocycles. The Morgan fingerprint density at radius 3 is 2.39 bits per heavy atom. The molecule has 3 heterocycles. The van der Waals surface area contributed by atoms with Gasteiger partial charge >= 0.3 is 0 Å². The molecule has 0 amide bonds. The van der Waals surface area contributed by atoms with Gasteiger partial charge in [-0.25, -0.2) is 9.97 Å². The van der Waals surface area contributed by atoms with Gasteiger partial charge in [-0.2, -0.15) is 0 Å². The predicted octanol–water partition coefficient (Wildman–Crippen LogP) is 5.89. The zero-order valence-corrected chi connectivity index (χ0v) is 15.8. The second kappa shape index (κ2) is 7.37. The maximum absolute atomic E-state index is 5.72. The van der Waals surface area contributed by atoms with Crippen LogP contribution in [0.2, 0.25) is 0 Å². The SMILES string of the molecule is c1ccc(Cn2cc(-c3ccco3)c3c(Sc4ccccc4)ncnc32)cc1. The van der Waals surface area contributed by atoms with Gasteiger partial charge in [0.25, 0.3) is 0 Å². The lowest BCUT2D eigenvalue weighted by atomic mass is 10.2. The molecule has 0 aliphatic carbocycles. The molecule has 0 radical (unpaired) electrons. The first-order valence-corrected chi connectivity index (χ1v) is 9.85. The van der Waals surface area contributed by atoms with Crippen molar-refractivity contribution in [3.8, 4) is 11.3 Å². The highest BCUT2D eigenvalue weighted by Crippen LogP contribution is 2.38. The maximum Gasteiger partial charge on any atom is 0.145 e. The van der Waals surface area contributed by atoms with Gasteiger partial charge in [0, 0.05) is 23.2 Å². The fourth-order valence-electron chi connectivity index (χ4n) is 3.29. The van der Waals surface area contributed by atoms with Crippen LogP contribution in [0, 0.1) is 0 Å². The highest BCUT2D eigenvalue weighted by molar-refractivity contribution is 7.99. The number of nitrogens with zero attached hydrogens (tertiary/aromatic N) is 3. The highest BCUT2D eigenvalue weighted by atomic mass is 32.2. The summed E-state index contributed by atoms with van der Waals surface area (Å²) in [5.41, 5.74) is 3.14. The third-order valence-corrected chi connectivity index (χ3v) is 5.57. The molecule has 4 nitrogen and oxygen atoms in total. The Hall–Kier alpha value is -3.31. The first-order valence-electron chi connectivity index (χ1n) is 9.03. The fraction of sp³-hybridized carbons (Fsp3) is 0.0435. The molecule has 0 N–H and O–H groups in total. The summed E-state index contributed by atoms with van der Waals surface area (Å²) in [6, 6.07) is 24.5. The fourth-order valence-corrected chi connectivity index (χ4v) is 4.21. The highest BCUT2D eigenvalue weighted by Gasteiger charge is 2.18. The van der Waals surface area contributed by atoms with Crippen LogP contribution in [-0.2, 0) is 6.54 Å². The number of fused-ring (bicyclic) bond motifs is 1. The van der Waals surface area contributed by atoms with Gasteiger partial charge in [-0.15, -0.1) is 0 Å². The Morgan fingerprint density at radius 2 is 1.64 bits per heavy atom. The number of hydrogen-bond donors (Lipinski definition) is 0. The molecular formula is C23H17N3OS. The largest absolute Gasteiger partial charge is 0.464 e. The topological polar surface area (TPSA) is 43.9 Å². The molecule has 0 bridgehead atoms. The molecule has 0 atom stereocenters. The van der Waals surface area contributed by atoms with Gasteiger partial charge < -0.3 is 8.98 Å². The molecule has 5 aromatic rings. The molecule has 3 aromatic heterocycles. The van der Waals surface area contributed by atoms with Crippen LogP contribution in [0.1, 0.15) is 5.56 Å². The van der Waals surface area contributed by atoms with E-state index in [4.69, 9.17) is 4.42 Å². The van der Waals surface area contributed by atoms with Crippen molar-refractivity contribution in [1.82, 2.24) is 14.5 Å². The molecule has 5 rings (SSSR count). The van der Waals surface area contributed by atoms with E-state index in [1.54, 1.807) is 24.4 Å². The Bertz CT molecular complexity index is 1200.